The molecule has 2 atom stereocenters. The molecule has 0 aliphatic rings. The standard InChI is InChI=1S/C18H16F2N4O3PS4/c1-3-13-21-11(7-29-13)17-23-9(5-31-17)15(19)26-28(25)27-16(20)10-6-32-18(24-10)12-8-30-14(4-2)22-12/h5-8,15-16H,3-4H2,1-2H3/q+1. The minimum Gasteiger partial charge on any atom is -0.239 e. The lowest BCUT2D eigenvalue weighted by atomic mass is 10.4. The van der Waals surface area contributed by atoms with E-state index in [4.69, 9.17) is 0 Å². The van der Waals surface area contributed by atoms with Crippen molar-refractivity contribution in [1.29, 1.82) is 0 Å². The van der Waals surface area contributed by atoms with Crippen LogP contribution in [0.1, 0.15) is 48.0 Å². The summed E-state index contributed by atoms with van der Waals surface area (Å²) in [6, 6.07) is 0. The zero-order valence-electron chi connectivity index (χ0n) is 16.7. The molecule has 4 heterocycles. The number of alkyl halides is 2. The topological polar surface area (TPSA) is 87.1 Å². The van der Waals surface area contributed by atoms with Gasteiger partial charge < -0.3 is 0 Å². The largest absolute Gasteiger partial charge is 0.704 e. The van der Waals surface area contributed by atoms with Gasteiger partial charge in [0.25, 0.3) is 12.7 Å². The Labute approximate surface area is 199 Å². The molecule has 4 aromatic rings. The SMILES string of the molecule is CCc1nc(-c2nc(C(F)O[P+](=O)OC(F)c3csc(-c4csc(CC)n4)n3)cs2)cs1. The third-order valence-corrected chi connectivity index (χ3v) is 8.48. The molecule has 0 fully saturated rings. The molecule has 32 heavy (non-hydrogen) atoms. The lowest BCUT2D eigenvalue weighted by Crippen LogP contribution is -1.98. The zero-order valence-corrected chi connectivity index (χ0v) is 20.9. The van der Waals surface area contributed by atoms with Gasteiger partial charge in [0.1, 0.15) is 32.8 Å². The highest BCUT2D eigenvalue weighted by molar-refractivity contribution is 7.33. The van der Waals surface area contributed by atoms with E-state index in [0.717, 1.165) is 22.9 Å². The van der Waals surface area contributed by atoms with Crippen molar-refractivity contribution in [2.75, 3.05) is 0 Å². The van der Waals surface area contributed by atoms with E-state index in [1.807, 2.05) is 24.6 Å². The average molecular weight is 534 g/mol. The molecule has 0 saturated heterocycles. The lowest BCUT2D eigenvalue weighted by molar-refractivity contribution is 0.00970. The van der Waals surface area contributed by atoms with Gasteiger partial charge >= 0.3 is 8.25 Å². The molecule has 0 amide bonds. The second-order valence-corrected chi connectivity index (χ2v) is 10.7. The second kappa shape index (κ2) is 10.6. The van der Waals surface area contributed by atoms with Crippen LogP contribution in [0.25, 0.3) is 21.4 Å². The normalized spacial score (nSPS) is 13.9. The summed E-state index contributed by atoms with van der Waals surface area (Å²) in [6.07, 6.45) is -2.67. The predicted octanol–water partition coefficient (Wildman–Crippen LogP) is 7.30. The van der Waals surface area contributed by atoms with Crippen LogP contribution in [-0.2, 0) is 26.5 Å². The van der Waals surface area contributed by atoms with E-state index in [9.17, 15) is 13.3 Å². The Kier molecular flexibility index (Phi) is 7.77. The van der Waals surface area contributed by atoms with Crippen LogP contribution in [0.15, 0.2) is 21.5 Å². The van der Waals surface area contributed by atoms with Crippen LogP contribution < -0.4 is 0 Å². The average Bonchev–Trinajstić information content (AvgIpc) is 3.58. The third kappa shape index (κ3) is 5.48. The molecule has 0 aliphatic carbocycles. The Morgan fingerprint density at radius 2 is 1.22 bits per heavy atom. The first-order valence-electron chi connectivity index (χ1n) is 9.36. The minimum atomic E-state index is -3.09. The van der Waals surface area contributed by atoms with Crippen LogP contribution in [0.3, 0.4) is 0 Å². The number of rotatable bonds is 10. The van der Waals surface area contributed by atoms with Crippen molar-refractivity contribution in [2.24, 2.45) is 0 Å². The van der Waals surface area contributed by atoms with Gasteiger partial charge in [0, 0.05) is 26.1 Å². The number of thiazole rings is 4. The van der Waals surface area contributed by atoms with E-state index in [2.05, 4.69) is 29.0 Å². The Balaban J connectivity index is 1.34. The molecule has 2 unspecified atom stereocenters. The molecule has 0 saturated carbocycles. The van der Waals surface area contributed by atoms with Gasteiger partial charge in [0.05, 0.1) is 10.0 Å². The van der Waals surface area contributed by atoms with Gasteiger partial charge in [-0.3, -0.25) is 0 Å². The monoisotopic (exact) mass is 533 g/mol. The number of hydrogen-bond donors (Lipinski definition) is 0. The first kappa shape index (κ1) is 23.6. The Morgan fingerprint density at radius 3 is 1.59 bits per heavy atom. The molecule has 4 aromatic heterocycles. The maximum Gasteiger partial charge on any atom is 0.704 e. The smallest absolute Gasteiger partial charge is 0.239 e. The molecule has 0 N–H and O–H groups in total. The van der Waals surface area contributed by atoms with E-state index in [1.54, 1.807) is 0 Å². The number of aryl methyl sites for hydroxylation is 2. The number of halogens is 2. The quantitative estimate of drug-likeness (QED) is 0.198. The predicted molar refractivity (Wildman–Crippen MR) is 123 cm³/mol. The fourth-order valence-corrected chi connectivity index (χ4v) is 6.17. The number of aromatic nitrogens is 4. The van der Waals surface area contributed by atoms with E-state index in [0.29, 0.717) is 21.4 Å². The summed E-state index contributed by atoms with van der Waals surface area (Å²) in [6.45, 7) is 3.98. The summed E-state index contributed by atoms with van der Waals surface area (Å²) in [5.74, 6) is 0. The minimum absolute atomic E-state index is 0.0791. The lowest BCUT2D eigenvalue weighted by Gasteiger charge is -1.99. The van der Waals surface area contributed by atoms with Crippen LogP contribution in [0.2, 0.25) is 0 Å². The first-order chi connectivity index (χ1) is 15.5. The Morgan fingerprint density at radius 1 is 0.781 bits per heavy atom. The molecule has 0 radical (unpaired) electrons. The van der Waals surface area contributed by atoms with Crippen LogP contribution in [0.4, 0.5) is 8.78 Å². The summed E-state index contributed by atoms with van der Waals surface area (Å²) in [5, 5.41) is 9.48. The summed E-state index contributed by atoms with van der Waals surface area (Å²) in [5.41, 5.74) is 1.13. The van der Waals surface area contributed by atoms with Gasteiger partial charge in [-0.2, -0.15) is 0 Å². The molecule has 7 nitrogen and oxygen atoms in total. The van der Waals surface area contributed by atoms with Gasteiger partial charge in [-0.25, -0.2) is 28.7 Å². The molecule has 168 valence electrons. The van der Waals surface area contributed by atoms with Crippen molar-refractivity contribution in [3.63, 3.8) is 0 Å². The molecule has 0 bridgehead atoms. The van der Waals surface area contributed by atoms with E-state index in [-0.39, 0.29) is 11.4 Å². The highest BCUT2D eigenvalue weighted by atomic mass is 32.1. The molecule has 0 aliphatic heterocycles. The van der Waals surface area contributed by atoms with Gasteiger partial charge in [-0.1, -0.05) is 22.9 Å². The number of hydrogen-bond acceptors (Lipinski definition) is 11. The molecular formula is C18H16F2N4O3PS4+. The molecule has 0 spiro atoms. The van der Waals surface area contributed by atoms with Crippen LogP contribution in [-0.4, -0.2) is 19.9 Å². The fourth-order valence-electron chi connectivity index (χ4n) is 2.44. The Hall–Kier alpha value is -1.60. The van der Waals surface area contributed by atoms with Crippen molar-refractivity contribution < 1.29 is 22.4 Å². The Bertz CT molecular complexity index is 1120. The van der Waals surface area contributed by atoms with E-state index >= 15 is 0 Å². The van der Waals surface area contributed by atoms with E-state index in [1.165, 1.54) is 56.1 Å². The van der Waals surface area contributed by atoms with Crippen LogP contribution >= 0.6 is 53.6 Å². The zero-order chi connectivity index (χ0) is 22.7. The van der Waals surface area contributed by atoms with Crippen LogP contribution in [0.5, 0.6) is 0 Å². The van der Waals surface area contributed by atoms with Gasteiger partial charge in [-0.05, 0) is 12.8 Å². The third-order valence-electron chi connectivity index (χ3n) is 4.01. The summed E-state index contributed by atoms with van der Waals surface area (Å²) >= 11 is 5.36. The van der Waals surface area contributed by atoms with E-state index < -0.39 is 21.0 Å². The highest BCUT2D eigenvalue weighted by Gasteiger charge is 2.35. The van der Waals surface area contributed by atoms with Gasteiger partial charge in [-0.15, -0.1) is 45.3 Å². The van der Waals surface area contributed by atoms with Crippen molar-refractivity contribution >= 4 is 53.6 Å². The van der Waals surface area contributed by atoms with Crippen molar-refractivity contribution in [3.8, 4) is 21.4 Å². The fraction of sp³-hybridized carbons (Fsp3) is 0.333. The molecule has 0 aromatic carbocycles. The maximum atomic E-state index is 14.4. The van der Waals surface area contributed by atoms with Crippen LogP contribution in [0, 0.1) is 0 Å². The molecular weight excluding hydrogens is 517 g/mol. The second-order valence-electron chi connectivity index (χ2n) is 6.18. The first-order valence-corrected chi connectivity index (χ1v) is 14.0. The number of nitrogens with zero attached hydrogens (tertiary/aromatic N) is 4. The summed E-state index contributed by atoms with van der Waals surface area (Å²) in [4.78, 5) is 17.1. The van der Waals surface area contributed by atoms with Crippen molar-refractivity contribution in [1.82, 2.24) is 19.9 Å². The summed E-state index contributed by atoms with van der Waals surface area (Å²) in [7, 11) is -3.09. The van der Waals surface area contributed by atoms with Gasteiger partial charge in [0.2, 0.25) is 0 Å². The molecule has 14 heteroatoms. The van der Waals surface area contributed by atoms with Gasteiger partial charge in [0.15, 0.2) is 0 Å². The highest BCUT2D eigenvalue weighted by Crippen LogP contribution is 2.41. The van der Waals surface area contributed by atoms with Crippen molar-refractivity contribution in [2.45, 2.75) is 39.4 Å². The molecule has 4 rings (SSSR count). The summed E-state index contributed by atoms with van der Waals surface area (Å²) < 4.78 is 50.2. The maximum absolute atomic E-state index is 14.4. The van der Waals surface area contributed by atoms with Crippen molar-refractivity contribution in [3.05, 3.63) is 42.9 Å².